The predicted octanol–water partition coefficient (Wildman–Crippen LogP) is 14.4. The first-order valence-electron chi connectivity index (χ1n) is 25.9. The third-order valence-electron chi connectivity index (χ3n) is 11.2. The van der Waals surface area contributed by atoms with E-state index in [1.165, 1.54) is 122 Å². The first-order chi connectivity index (χ1) is 30.4. The van der Waals surface area contributed by atoms with E-state index >= 15 is 0 Å². The summed E-state index contributed by atoms with van der Waals surface area (Å²) in [5, 5.41) is 2.96. The predicted molar refractivity (Wildman–Crippen MR) is 266 cm³/mol. The van der Waals surface area contributed by atoms with Crippen LogP contribution in [-0.4, -0.2) is 69.4 Å². The number of esters is 1. The number of rotatable bonds is 46. The van der Waals surface area contributed by atoms with Crippen molar-refractivity contribution in [1.82, 2.24) is 5.32 Å². The zero-order chi connectivity index (χ0) is 46.5. The van der Waals surface area contributed by atoms with Crippen molar-refractivity contribution in [3.63, 3.8) is 0 Å². The lowest BCUT2D eigenvalue weighted by Gasteiger charge is -2.30. The van der Waals surface area contributed by atoms with Crippen LogP contribution >= 0.6 is 7.82 Å². The summed E-state index contributed by atoms with van der Waals surface area (Å²) in [6, 6.07) is -0.921. The van der Waals surface area contributed by atoms with E-state index in [0.717, 1.165) is 57.8 Å². The van der Waals surface area contributed by atoms with Crippen LogP contribution in [0.1, 0.15) is 226 Å². The lowest BCUT2D eigenvalue weighted by atomic mass is 10.1. The number of nitrogens with one attached hydrogen (secondary N) is 1. The minimum atomic E-state index is -4.70. The Bertz CT molecular complexity index is 1230. The van der Waals surface area contributed by atoms with Crippen molar-refractivity contribution in [3.05, 3.63) is 48.6 Å². The fourth-order valence-electron chi connectivity index (χ4n) is 7.15. The van der Waals surface area contributed by atoms with Crippen LogP contribution in [0, 0.1) is 0 Å². The number of quaternary nitrogens is 1. The number of hydrogen-bond donors (Lipinski definition) is 1. The van der Waals surface area contributed by atoms with Crippen molar-refractivity contribution in [1.29, 1.82) is 0 Å². The summed E-state index contributed by atoms with van der Waals surface area (Å²) in [5.74, 6) is -0.640. The molecule has 0 aromatic rings. The molecule has 1 amide bonds. The highest BCUT2D eigenvalue weighted by Gasteiger charge is 2.27. The highest BCUT2D eigenvalue weighted by Crippen LogP contribution is 2.38. The zero-order valence-corrected chi connectivity index (χ0v) is 42.7. The van der Waals surface area contributed by atoms with Crippen molar-refractivity contribution >= 4 is 19.7 Å². The molecule has 3 atom stereocenters. The molecule has 0 aliphatic carbocycles. The zero-order valence-electron chi connectivity index (χ0n) is 41.8. The Balaban J connectivity index is 5.53. The molecule has 0 spiro atoms. The molecule has 0 saturated heterocycles. The molecule has 0 radical (unpaired) electrons. The second kappa shape index (κ2) is 43.8. The van der Waals surface area contributed by atoms with Gasteiger partial charge >= 0.3 is 5.97 Å². The molecule has 0 aromatic carbocycles. The molecule has 0 saturated carbocycles. The fraction of sp³-hybridized carbons (Fsp3) is 0.811. The number of carbonyl (C=O) groups is 2. The van der Waals surface area contributed by atoms with E-state index in [9.17, 15) is 19.0 Å². The van der Waals surface area contributed by atoms with Crippen molar-refractivity contribution in [3.8, 4) is 0 Å². The lowest BCUT2D eigenvalue weighted by molar-refractivity contribution is -0.870. The van der Waals surface area contributed by atoms with Gasteiger partial charge in [0.1, 0.15) is 19.3 Å². The Labute approximate surface area is 388 Å². The number of ether oxygens (including phenoxy) is 1. The first-order valence-corrected chi connectivity index (χ1v) is 27.4. The third kappa shape index (κ3) is 44.9. The number of allylic oxidation sites excluding steroid dienone is 7. The summed E-state index contributed by atoms with van der Waals surface area (Å²) in [5.41, 5.74) is 0. The molecule has 0 aromatic heterocycles. The van der Waals surface area contributed by atoms with E-state index in [2.05, 4.69) is 56.5 Å². The minimum absolute atomic E-state index is 0.0339. The highest BCUT2D eigenvalue weighted by atomic mass is 31.2. The fourth-order valence-corrected chi connectivity index (χ4v) is 7.88. The average molecular weight is 907 g/mol. The van der Waals surface area contributed by atoms with Gasteiger partial charge in [0.05, 0.1) is 33.8 Å². The van der Waals surface area contributed by atoms with E-state index in [4.69, 9.17) is 13.8 Å². The molecule has 0 heterocycles. The van der Waals surface area contributed by atoms with E-state index in [1.807, 2.05) is 33.3 Å². The summed E-state index contributed by atoms with van der Waals surface area (Å²) in [6.07, 6.45) is 51.0. The largest absolute Gasteiger partial charge is 0.756 e. The molecule has 0 aliphatic rings. The molecule has 9 nitrogen and oxygen atoms in total. The molecule has 0 fully saturated rings. The lowest BCUT2D eigenvalue weighted by Crippen LogP contribution is -2.47. The van der Waals surface area contributed by atoms with Crippen LogP contribution in [0.25, 0.3) is 0 Å². The Morgan fingerprint density at radius 2 is 0.984 bits per heavy atom. The molecule has 0 rings (SSSR count). The molecule has 3 unspecified atom stereocenters. The topological polar surface area (TPSA) is 114 Å². The number of likely N-dealkylation sites (N-methyl/N-ethyl adjacent to an activating group) is 1. The van der Waals surface area contributed by atoms with E-state index in [0.29, 0.717) is 23.9 Å². The van der Waals surface area contributed by atoms with Crippen LogP contribution in [0.5, 0.6) is 0 Å². The van der Waals surface area contributed by atoms with Crippen LogP contribution in [0.2, 0.25) is 0 Å². The Morgan fingerprint density at radius 1 is 0.556 bits per heavy atom. The quantitative estimate of drug-likeness (QED) is 0.0213. The second-order valence-corrected chi connectivity index (χ2v) is 20.1. The Hall–Kier alpha value is -2.03. The van der Waals surface area contributed by atoms with Crippen molar-refractivity contribution in [2.24, 2.45) is 0 Å². The standard InChI is InChI=1S/C53H99N2O7P/c1-7-10-13-16-19-22-25-27-30-33-36-39-42-45-52(56)54-50(49-61-63(58,59)60-48-47-55(4,5)6)51(44-41-38-35-32-29-24-21-18-15-12-9-3)62-53(57)46-43-40-37-34-31-28-26-23-20-17-14-11-8-2/h27-28,30-31,36,39,41,44,50-51H,7-26,29,32-35,37-38,40,42-43,45-49H2,1-6H3,(H-,54,56,58,59)/b30-27-,31-28-,39-36+,44-41+. The van der Waals surface area contributed by atoms with Gasteiger partial charge in [-0.2, -0.15) is 0 Å². The Kier molecular flexibility index (Phi) is 42.4. The minimum Gasteiger partial charge on any atom is -0.756 e. The maximum absolute atomic E-state index is 13.4. The highest BCUT2D eigenvalue weighted by molar-refractivity contribution is 7.45. The van der Waals surface area contributed by atoms with Crippen LogP contribution in [-0.2, 0) is 27.9 Å². The Morgan fingerprint density at radius 3 is 1.48 bits per heavy atom. The van der Waals surface area contributed by atoms with Gasteiger partial charge in [-0.25, -0.2) is 0 Å². The van der Waals surface area contributed by atoms with Gasteiger partial charge in [0.25, 0.3) is 7.82 Å². The maximum Gasteiger partial charge on any atom is 0.306 e. The van der Waals surface area contributed by atoms with Gasteiger partial charge in [-0.3, -0.25) is 14.2 Å². The third-order valence-corrected chi connectivity index (χ3v) is 12.2. The summed E-state index contributed by atoms with van der Waals surface area (Å²) < 4.78 is 30.0. The molecule has 1 N–H and O–H groups in total. The van der Waals surface area contributed by atoms with E-state index < -0.39 is 26.6 Å². The van der Waals surface area contributed by atoms with Gasteiger partial charge in [0, 0.05) is 12.8 Å². The molecule has 10 heteroatoms. The smallest absolute Gasteiger partial charge is 0.306 e. The monoisotopic (exact) mass is 907 g/mol. The molecular formula is C53H99N2O7P. The number of amides is 1. The average Bonchev–Trinajstić information content (AvgIpc) is 3.23. The van der Waals surface area contributed by atoms with Crippen LogP contribution < -0.4 is 10.2 Å². The summed E-state index contributed by atoms with van der Waals surface area (Å²) in [7, 11) is 1.14. The van der Waals surface area contributed by atoms with Gasteiger partial charge < -0.3 is 28.5 Å². The summed E-state index contributed by atoms with van der Waals surface area (Å²) >= 11 is 0. The summed E-state index contributed by atoms with van der Waals surface area (Å²) in [6.45, 7) is 6.74. The maximum atomic E-state index is 13.4. The van der Waals surface area contributed by atoms with Crippen molar-refractivity contribution in [2.75, 3.05) is 40.9 Å². The van der Waals surface area contributed by atoms with E-state index in [-0.39, 0.29) is 31.3 Å². The number of unbranched alkanes of at least 4 members (excludes halogenated alkanes) is 24. The number of hydrogen-bond acceptors (Lipinski definition) is 7. The van der Waals surface area contributed by atoms with Crippen LogP contribution in [0.15, 0.2) is 48.6 Å². The number of nitrogens with zero attached hydrogens (tertiary/aromatic N) is 1. The number of carbonyl (C=O) groups excluding carboxylic acids is 2. The first kappa shape index (κ1) is 61.0. The van der Waals surface area contributed by atoms with Gasteiger partial charge in [-0.15, -0.1) is 0 Å². The van der Waals surface area contributed by atoms with Crippen LogP contribution in [0.3, 0.4) is 0 Å². The van der Waals surface area contributed by atoms with Crippen molar-refractivity contribution in [2.45, 2.75) is 238 Å². The van der Waals surface area contributed by atoms with Gasteiger partial charge in [0.2, 0.25) is 5.91 Å². The second-order valence-electron chi connectivity index (χ2n) is 18.7. The SMILES string of the molecule is CCCCCCCC/C=C\C/C=C/CCC(=O)NC(COP(=O)([O-])OCC[N+](C)(C)C)C(/C=C/CCCCCCCCCCC)OC(=O)CCCCC/C=C\CCCCCCCC. The molecule has 0 bridgehead atoms. The van der Waals surface area contributed by atoms with Gasteiger partial charge in [0.15, 0.2) is 0 Å². The van der Waals surface area contributed by atoms with E-state index in [1.54, 1.807) is 6.08 Å². The van der Waals surface area contributed by atoms with Gasteiger partial charge in [-0.1, -0.05) is 185 Å². The molecular weight excluding hydrogens is 808 g/mol. The van der Waals surface area contributed by atoms with Crippen LogP contribution in [0.4, 0.5) is 0 Å². The molecule has 0 aliphatic heterocycles. The normalized spacial score (nSPS) is 14.3. The molecule has 63 heavy (non-hydrogen) atoms. The van der Waals surface area contributed by atoms with Crippen molar-refractivity contribution < 1.29 is 37.3 Å². The number of phosphoric ester groups is 1. The molecule has 368 valence electrons. The summed E-state index contributed by atoms with van der Waals surface area (Å²) in [4.78, 5) is 39.6. The number of phosphoric acid groups is 1. The van der Waals surface area contributed by atoms with Gasteiger partial charge in [-0.05, 0) is 76.7 Å².